The number of carboxylic acids is 1. The molecule has 2 aromatic carbocycles. The number of rotatable bonds is 9. The number of aliphatic hydroxyl groups is 1. The van der Waals surface area contributed by atoms with Gasteiger partial charge in [0.2, 0.25) is 5.89 Å². The molecule has 0 aliphatic rings. The Balaban J connectivity index is 1.87. The van der Waals surface area contributed by atoms with E-state index >= 15 is 0 Å². The van der Waals surface area contributed by atoms with Gasteiger partial charge < -0.3 is 14.6 Å². The van der Waals surface area contributed by atoms with E-state index < -0.39 is 58.3 Å². The molecule has 236 valence electrons. The highest BCUT2D eigenvalue weighted by Crippen LogP contribution is 2.51. The summed E-state index contributed by atoms with van der Waals surface area (Å²) < 4.78 is 128. The normalized spacial score (nSPS) is 13.1. The fourth-order valence-corrected chi connectivity index (χ4v) is 5.15. The standard InChI is InChI=1S/C27H20F9N3O4S/c1-24(2,23(40)41)11-18-38-39-21(43-18)22-37-17(9-12-3-6-14(28)7-4-12)19(44-22)15-8-5-13(10-16(15)20(29)30)25(42,26(31,32)33)27(34,35)36/h3-8,10,20,42H,9,11H2,1-2H3,(H,40,41). The second-order valence-corrected chi connectivity index (χ2v) is 11.3. The summed E-state index contributed by atoms with van der Waals surface area (Å²) in [7, 11) is 0. The Morgan fingerprint density at radius 3 is 2.14 bits per heavy atom. The zero-order valence-electron chi connectivity index (χ0n) is 22.4. The molecule has 0 aliphatic heterocycles. The highest BCUT2D eigenvalue weighted by Gasteiger charge is 2.71. The lowest BCUT2D eigenvalue weighted by Gasteiger charge is -2.33. The summed E-state index contributed by atoms with van der Waals surface area (Å²) in [5.74, 6) is -2.13. The van der Waals surface area contributed by atoms with Crippen LogP contribution < -0.4 is 0 Å². The Hall–Kier alpha value is -3.99. The molecular formula is C27H20F9N3O4S. The van der Waals surface area contributed by atoms with Gasteiger partial charge in [-0.3, -0.25) is 4.79 Å². The zero-order valence-corrected chi connectivity index (χ0v) is 23.2. The number of thiazole rings is 1. The first kappa shape index (κ1) is 32.9. The SMILES string of the molecule is CC(C)(Cc1nnc(-c2nc(Cc3ccc(F)cc3)c(-c3ccc(C(O)(C(F)(F)F)C(F)(F)F)cc3C(F)F)s2)o1)C(=O)O. The summed E-state index contributed by atoms with van der Waals surface area (Å²) >= 11 is 0.644. The number of aliphatic carboxylic acids is 1. The van der Waals surface area contributed by atoms with Gasteiger partial charge in [0.25, 0.3) is 17.9 Å². The highest BCUT2D eigenvalue weighted by atomic mass is 32.1. The predicted molar refractivity (Wildman–Crippen MR) is 136 cm³/mol. The largest absolute Gasteiger partial charge is 0.481 e. The van der Waals surface area contributed by atoms with Crippen LogP contribution in [0.5, 0.6) is 0 Å². The molecule has 2 heterocycles. The van der Waals surface area contributed by atoms with Crippen LogP contribution >= 0.6 is 11.3 Å². The molecule has 0 aliphatic carbocycles. The first-order valence-corrected chi connectivity index (χ1v) is 13.2. The van der Waals surface area contributed by atoms with Gasteiger partial charge in [0.1, 0.15) is 5.82 Å². The Kier molecular flexibility index (Phi) is 8.60. The lowest BCUT2D eigenvalue weighted by atomic mass is 9.89. The van der Waals surface area contributed by atoms with Crippen LogP contribution in [-0.2, 0) is 23.2 Å². The van der Waals surface area contributed by atoms with E-state index in [9.17, 15) is 54.5 Å². The van der Waals surface area contributed by atoms with E-state index in [1.807, 2.05) is 0 Å². The quantitative estimate of drug-likeness (QED) is 0.180. The molecular weight excluding hydrogens is 633 g/mol. The van der Waals surface area contributed by atoms with Gasteiger partial charge in [-0.15, -0.1) is 21.5 Å². The van der Waals surface area contributed by atoms with Gasteiger partial charge in [0.05, 0.1) is 16.0 Å². The first-order chi connectivity index (χ1) is 20.2. The monoisotopic (exact) mass is 653 g/mol. The number of halogens is 9. The van der Waals surface area contributed by atoms with Gasteiger partial charge in [-0.1, -0.05) is 24.3 Å². The van der Waals surface area contributed by atoms with Gasteiger partial charge in [0, 0.05) is 29.5 Å². The molecule has 0 radical (unpaired) electrons. The Bertz CT molecular complexity index is 1650. The molecule has 0 unspecified atom stereocenters. The van der Waals surface area contributed by atoms with Crippen molar-refractivity contribution in [3.63, 3.8) is 0 Å². The number of carboxylic acid groups (broad SMARTS) is 1. The minimum atomic E-state index is -6.30. The second-order valence-electron chi connectivity index (χ2n) is 10.3. The smallest absolute Gasteiger partial charge is 0.430 e. The summed E-state index contributed by atoms with van der Waals surface area (Å²) in [6.45, 7) is 2.80. The van der Waals surface area contributed by atoms with Crippen LogP contribution in [0.2, 0.25) is 0 Å². The van der Waals surface area contributed by atoms with Crippen molar-refractivity contribution in [3.05, 3.63) is 76.6 Å². The second kappa shape index (κ2) is 11.5. The van der Waals surface area contributed by atoms with Crippen molar-refractivity contribution >= 4 is 17.3 Å². The van der Waals surface area contributed by atoms with E-state index in [1.54, 1.807) is 0 Å². The third-order valence-corrected chi connectivity index (χ3v) is 7.69. The van der Waals surface area contributed by atoms with Crippen molar-refractivity contribution in [1.82, 2.24) is 15.2 Å². The van der Waals surface area contributed by atoms with E-state index in [-0.39, 0.29) is 52.3 Å². The average molecular weight is 654 g/mol. The first-order valence-electron chi connectivity index (χ1n) is 12.3. The summed E-state index contributed by atoms with van der Waals surface area (Å²) in [5, 5.41) is 26.6. The van der Waals surface area contributed by atoms with Gasteiger partial charge in [0.15, 0.2) is 5.01 Å². The Morgan fingerprint density at radius 1 is 0.977 bits per heavy atom. The Labute approximate surface area is 246 Å². The van der Waals surface area contributed by atoms with E-state index in [0.717, 1.165) is 12.1 Å². The summed E-state index contributed by atoms with van der Waals surface area (Å²) in [6.07, 6.45) is -16.6. The number of nitrogens with zero attached hydrogens (tertiary/aromatic N) is 3. The minimum Gasteiger partial charge on any atom is -0.481 e. The number of hydrogen-bond donors (Lipinski definition) is 2. The topological polar surface area (TPSA) is 109 Å². The Morgan fingerprint density at radius 2 is 1.59 bits per heavy atom. The minimum absolute atomic E-state index is 0.00113. The van der Waals surface area contributed by atoms with Crippen LogP contribution in [0.4, 0.5) is 39.5 Å². The van der Waals surface area contributed by atoms with Crippen molar-refractivity contribution < 1.29 is 58.9 Å². The van der Waals surface area contributed by atoms with Crippen LogP contribution in [0.1, 0.15) is 48.5 Å². The number of carbonyl (C=O) groups is 1. The molecule has 2 N–H and O–H groups in total. The molecule has 0 spiro atoms. The van der Waals surface area contributed by atoms with Crippen LogP contribution in [0.3, 0.4) is 0 Å². The van der Waals surface area contributed by atoms with Gasteiger partial charge in [-0.05, 0) is 37.6 Å². The molecule has 4 aromatic rings. The maximum atomic E-state index is 14.2. The average Bonchev–Trinajstić information content (AvgIpc) is 3.54. The molecule has 2 aromatic heterocycles. The van der Waals surface area contributed by atoms with E-state index in [0.29, 0.717) is 23.0 Å². The molecule has 0 atom stereocenters. The number of benzene rings is 2. The lowest BCUT2D eigenvalue weighted by molar-refractivity contribution is -0.376. The van der Waals surface area contributed by atoms with Crippen LogP contribution in [0.15, 0.2) is 46.9 Å². The maximum absolute atomic E-state index is 14.2. The van der Waals surface area contributed by atoms with E-state index in [4.69, 9.17) is 4.42 Å². The van der Waals surface area contributed by atoms with Crippen LogP contribution in [0.25, 0.3) is 21.3 Å². The lowest BCUT2D eigenvalue weighted by Crippen LogP contribution is -2.54. The summed E-state index contributed by atoms with van der Waals surface area (Å²) in [4.78, 5) is 15.7. The molecule has 0 saturated heterocycles. The van der Waals surface area contributed by atoms with Crippen LogP contribution in [-0.4, -0.2) is 43.7 Å². The summed E-state index contributed by atoms with van der Waals surface area (Å²) in [6, 6.07) is 5.65. The van der Waals surface area contributed by atoms with E-state index in [2.05, 4.69) is 15.2 Å². The third kappa shape index (κ3) is 6.29. The van der Waals surface area contributed by atoms with Crippen molar-refractivity contribution in [1.29, 1.82) is 0 Å². The van der Waals surface area contributed by atoms with Gasteiger partial charge >= 0.3 is 18.3 Å². The van der Waals surface area contributed by atoms with Crippen molar-refractivity contribution in [3.8, 4) is 21.3 Å². The predicted octanol–water partition coefficient (Wildman–Crippen LogP) is 7.49. The number of hydrogen-bond acceptors (Lipinski definition) is 7. The molecule has 4 rings (SSSR count). The highest BCUT2D eigenvalue weighted by molar-refractivity contribution is 7.18. The zero-order chi connectivity index (χ0) is 32.8. The maximum Gasteiger partial charge on any atom is 0.430 e. The number of alkyl halides is 8. The molecule has 0 saturated carbocycles. The molecule has 0 fully saturated rings. The van der Waals surface area contributed by atoms with Crippen molar-refractivity contribution in [2.24, 2.45) is 5.41 Å². The molecule has 7 nitrogen and oxygen atoms in total. The molecule has 17 heteroatoms. The van der Waals surface area contributed by atoms with Crippen molar-refractivity contribution in [2.45, 2.75) is 51.1 Å². The fourth-order valence-electron chi connectivity index (χ4n) is 4.10. The van der Waals surface area contributed by atoms with Crippen LogP contribution in [0, 0.1) is 11.2 Å². The molecule has 44 heavy (non-hydrogen) atoms. The number of aromatic nitrogens is 3. The fraction of sp³-hybridized carbons (Fsp3) is 0.333. The van der Waals surface area contributed by atoms with Gasteiger partial charge in [-0.2, -0.15) is 26.3 Å². The molecule has 0 bridgehead atoms. The van der Waals surface area contributed by atoms with Crippen molar-refractivity contribution in [2.75, 3.05) is 0 Å². The van der Waals surface area contributed by atoms with E-state index in [1.165, 1.54) is 26.0 Å². The molecule has 0 amide bonds. The van der Waals surface area contributed by atoms with Gasteiger partial charge in [-0.25, -0.2) is 18.2 Å². The summed E-state index contributed by atoms with van der Waals surface area (Å²) in [5.41, 5.74) is -9.97. The third-order valence-electron chi connectivity index (χ3n) is 6.57.